The predicted molar refractivity (Wildman–Crippen MR) is 99.4 cm³/mol. The highest BCUT2D eigenvalue weighted by molar-refractivity contribution is 5.87. The Kier molecular flexibility index (Phi) is 5.44. The predicted octanol–water partition coefficient (Wildman–Crippen LogP) is 5.76. The lowest BCUT2D eigenvalue weighted by atomic mass is 9.77. The van der Waals surface area contributed by atoms with Crippen molar-refractivity contribution < 1.29 is 17.9 Å². The average Bonchev–Trinajstić information content (AvgIpc) is 2.63. The van der Waals surface area contributed by atoms with Gasteiger partial charge < -0.3 is 4.74 Å². The highest BCUT2D eigenvalue weighted by atomic mass is 19.4. The molecule has 0 atom stereocenters. The van der Waals surface area contributed by atoms with Gasteiger partial charge in [-0.15, -0.1) is 0 Å². The van der Waals surface area contributed by atoms with E-state index in [9.17, 15) is 13.2 Å². The normalized spacial score (nSPS) is 19.9. The summed E-state index contributed by atoms with van der Waals surface area (Å²) in [6, 6.07) is 10.2. The largest absolute Gasteiger partial charge is 0.474 e. The molecule has 0 aliphatic heterocycles. The van der Waals surface area contributed by atoms with Crippen molar-refractivity contribution in [3.63, 3.8) is 0 Å². The second kappa shape index (κ2) is 7.78. The molecule has 3 rings (SSSR count). The number of aromatic nitrogens is 1. The van der Waals surface area contributed by atoms with E-state index in [1.807, 2.05) is 24.3 Å². The molecule has 0 unspecified atom stereocenters. The van der Waals surface area contributed by atoms with Gasteiger partial charge in [0.05, 0.1) is 0 Å². The number of ether oxygens (including phenoxy) is 1. The van der Waals surface area contributed by atoms with Crippen LogP contribution in [0.15, 0.2) is 73.0 Å². The first-order valence-electron chi connectivity index (χ1n) is 8.52. The summed E-state index contributed by atoms with van der Waals surface area (Å²) in [4.78, 5) is 7.50. The molecular formula is C21H19F3N2O. The van der Waals surface area contributed by atoms with Gasteiger partial charge in [-0.25, -0.2) is 4.99 Å². The Labute approximate surface area is 155 Å². The van der Waals surface area contributed by atoms with Crippen molar-refractivity contribution in [2.24, 2.45) is 4.99 Å². The number of hydrogen-bond donors (Lipinski definition) is 0. The lowest BCUT2D eigenvalue weighted by Crippen LogP contribution is -2.31. The fourth-order valence-corrected chi connectivity index (χ4v) is 3.01. The van der Waals surface area contributed by atoms with Crippen LogP contribution in [0.5, 0.6) is 0 Å². The van der Waals surface area contributed by atoms with Crippen molar-refractivity contribution in [1.82, 2.24) is 4.98 Å². The van der Waals surface area contributed by atoms with Gasteiger partial charge in [-0.2, -0.15) is 13.2 Å². The van der Waals surface area contributed by atoms with Gasteiger partial charge in [-0.3, -0.25) is 4.98 Å². The Bertz CT molecular complexity index is 833. The van der Waals surface area contributed by atoms with Crippen LogP contribution in [-0.2, 0) is 10.9 Å². The number of nitrogens with zero attached hydrogens (tertiary/aromatic N) is 2. The molecule has 1 heterocycles. The van der Waals surface area contributed by atoms with Crippen molar-refractivity contribution in [3.05, 3.63) is 79.3 Å². The topological polar surface area (TPSA) is 34.5 Å². The smallest absolute Gasteiger partial charge is 0.433 e. The number of benzene rings is 1. The van der Waals surface area contributed by atoms with Gasteiger partial charge in [0.2, 0.25) is 5.90 Å². The van der Waals surface area contributed by atoms with E-state index in [0.717, 1.165) is 24.5 Å². The first-order chi connectivity index (χ1) is 12.9. The number of hydrogen-bond acceptors (Lipinski definition) is 3. The van der Waals surface area contributed by atoms with Crippen molar-refractivity contribution in [2.45, 2.75) is 31.0 Å². The molecule has 0 radical (unpaired) electrons. The summed E-state index contributed by atoms with van der Waals surface area (Å²) in [7, 11) is 0. The zero-order chi connectivity index (χ0) is 19.4. The second-order valence-electron chi connectivity index (χ2n) is 6.31. The van der Waals surface area contributed by atoms with Crippen molar-refractivity contribution in [2.75, 3.05) is 0 Å². The molecule has 0 bridgehead atoms. The Morgan fingerprint density at radius 3 is 2.26 bits per heavy atom. The van der Waals surface area contributed by atoms with E-state index in [-0.39, 0.29) is 6.10 Å². The van der Waals surface area contributed by atoms with Crippen LogP contribution in [0.2, 0.25) is 0 Å². The molecule has 2 aromatic rings. The zero-order valence-corrected chi connectivity index (χ0v) is 14.6. The van der Waals surface area contributed by atoms with Gasteiger partial charge in [0.15, 0.2) is 0 Å². The van der Waals surface area contributed by atoms with Crippen LogP contribution in [0, 0.1) is 0 Å². The molecule has 1 aliphatic carbocycles. The van der Waals surface area contributed by atoms with Gasteiger partial charge in [0.1, 0.15) is 11.8 Å². The molecule has 0 saturated heterocycles. The summed E-state index contributed by atoms with van der Waals surface area (Å²) in [5, 5.41) is 0. The molecule has 3 nitrogen and oxygen atoms in total. The maximum atomic E-state index is 12.6. The van der Waals surface area contributed by atoms with Gasteiger partial charge >= 0.3 is 6.18 Å². The van der Waals surface area contributed by atoms with E-state index in [1.165, 1.54) is 24.0 Å². The summed E-state index contributed by atoms with van der Waals surface area (Å²) in [6.07, 6.45) is 1.67. The molecule has 27 heavy (non-hydrogen) atoms. The van der Waals surface area contributed by atoms with Gasteiger partial charge in [-0.05, 0) is 42.0 Å². The number of alkyl halides is 3. The standard InChI is InChI=1S/C21H19F3N2O/c1-3-20(25-4-2)27-18-11-17(12-18)15-7-5-14(6-8-15)16-9-10-19(26-13-16)21(22,23)24/h3-10,13,17-18H,1-2,11-12H2. The van der Waals surface area contributed by atoms with Crippen LogP contribution >= 0.6 is 0 Å². The molecule has 1 aromatic carbocycles. The molecule has 1 saturated carbocycles. The van der Waals surface area contributed by atoms with Crippen molar-refractivity contribution in [1.29, 1.82) is 0 Å². The average molecular weight is 372 g/mol. The second-order valence-corrected chi connectivity index (χ2v) is 6.31. The number of pyridine rings is 1. The molecule has 1 fully saturated rings. The van der Waals surface area contributed by atoms with Crippen molar-refractivity contribution >= 4 is 5.90 Å². The van der Waals surface area contributed by atoms with Crippen molar-refractivity contribution in [3.8, 4) is 11.1 Å². The number of halogens is 3. The van der Waals surface area contributed by atoms with Gasteiger partial charge in [0, 0.05) is 18.0 Å². The molecule has 1 aliphatic rings. The molecule has 0 amide bonds. The lowest BCUT2D eigenvalue weighted by Gasteiger charge is -2.35. The third kappa shape index (κ3) is 4.45. The fraction of sp³-hybridized carbons (Fsp3) is 0.238. The van der Waals surface area contributed by atoms with Gasteiger partial charge in [0.25, 0.3) is 0 Å². The first kappa shape index (κ1) is 18.9. The molecule has 0 N–H and O–H groups in total. The van der Waals surface area contributed by atoms with Crippen LogP contribution in [0.4, 0.5) is 13.2 Å². The molecule has 1 aromatic heterocycles. The third-order valence-corrected chi connectivity index (χ3v) is 4.54. The van der Waals surface area contributed by atoms with Crippen LogP contribution in [0.3, 0.4) is 0 Å². The van der Waals surface area contributed by atoms with Crippen LogP contribution in [0.1, 0.15) is 30.0 Å². The highest BCUT2D eigenvalue weighted by Gasteiger charge is 2.33. The molecule has 6 heteroatoms. The summed E-state index contributed by atoms with van der Waals surface area (Å²) >= 11 is 0. The monoisotopic (exact) mass is 372 g/mol. The Morgan fingerprint density at radius 1 is 1.07 bits per heavy atom. The third-order valence-electron chi connectivity index (χ3n) is 4.54. The number of aliphatic imine (C=N–C) groups is 1. The van der Waals surface area contributed by atoms with E-state index < -0.39 is 11.9 Å². The quantitative estimate of drug-likeness (QED) is 0.494. The van der Waals surface area contributed by atoms with Crippen LogP contribution in [0.25, 0.3) is 11.1 Å². The Balaban J connectivity index is 1.61. The minimum absolute atomic E-state index is 0.102. The zero-order valence-electron chi connectivity index (χ0n) is 14.6. The maximum Gasteiger partial charge on any atom is 0.433 e. The molecular weight excluding hydrogens is 353 g/mol. The first-order valence-corrected chi connectivity index (χ1v) is 8.52. The Hall–Kier alpha value is -2.89. The summed E-state index contributed by atoms with van der Waals surface area (Å²) in [5.41, 5.74) is 1.78. The lowest BCUT2D eigenvalue weighted by molar-refractivity contribution is -0.141. The number of rotatable bonds is 5. The van der Waals surface area contributed by atoms with Crippen LogP contribution in [-0.4, -0.2) is 17.0 Å². The van der Waals surface area contributed by atoms with E-state index in [2.05, 4.69) is 23.1 Å². The summed E-state index contributed by atoms with van der Waals surface area (Å²) in [5.74, 6) is 0.864. The van der Waals surface area contributed by atoms with E-state index in [0.29, 0.717) is 17.4 Å². The summed E-state index contributed by atoms with van der Waals surface area (Å²) < 4.78 is 43.5. The minimum atomic E-state index is -4.42. The Morgan fingerprint density at radius 2 is 1.74 bits per heavy atom. The maximum absolute atomic E-state index is 12.6. The SMILES string of the molecule is C=CN=C(C=C)OC1CC(c2ccc(-c3ccc(C(F)(F)F)nc3)cc2)C1. The van der Waals surface area contributed by atoms with E-state index >= 15 is 0 Å². The van der Waals surface area contributed by atoms with Gasteiger partial charge in [-0.1, -0.05) is 43.5 Å². The minimum Gasteiger partial charge on any atom is -0.474 e. The highest BCUT2D eigenvalue weighted by Crippen LogP contribution is 2.39. The van der Waals surface area contributed by atoms with E-state index in [1.54, 1.807) is 6.08 Å². The van der Waals surface area contributed by atoms with Crippen LogP contribution < -0.4 is 0 Å². The van der Waals surface area contributed by atoms with E-state index in [4.69, 9.17) is 4.74 Å². The molecule has 0 spiro atoms. The summed E-state index contributed by atoms with van der Waals surface area (Å²) in [6.45, 7) is 7.19. The fourth-order valence-electron chi connectivity index (χ4n) is 3.01. The molecule has 140 valence electrons.